The Balaban J connectivity index is 2.40. The number of amides is 10. The van der Waals surface area contributed by atoms with Gasteiger partial charge >= 0.3 is 0 Å². The highest BCUT2D eigenvalue weighted by atomic mass is 16.3. The van der Waals surface area contributed by atoms with Gasteiger partial charge in [0.15, 0.2) is 5.96 Å². The molecule has 0 aromatic heterocycles. The smallest absolute Gasteiger partial charge is 0.253 e. The van der Waals surface area contributed by atoms with Gasteiger partial charge in [0.25, 0.3) is 5.91 Å². The second-order valence-electron chi connectivity index (χ2n) is 16.6. The summed E-state index contributed by atoms with van der Waals surface area (Å²) in [6, 6.07) is -2.75. The summed E-state index contributed by atoms with van der Waals surface area (Å²) in [5.74, 6) is -9.72. The monoisotopic (exact) mass is 915 g/mol. The van der Waals surface area contributed by atoms with Crippen LogP contribution in [0.5, 0.6) is 0 Å². The Morgan fingerprint density at radius 1 is 0.723 bits per heavy atom. The van der Waals surface area contributed by atoms with Gasteiger partial charge in [0.05, 0.1) is 25.5 Å². The fourth-order valence-corrected chi connectivity index (χ4v) is 6.68. The molecule has 0 aliphatic carbocycles. The number of nitrogens with two attached hydrogens (primary N) is 5. The van der Waals surface area contributed by atoms with Gasteiger partial charge in [-0.3, -0.25) is 57.8 Å². The number of likely N-dealkylation sites (tertiary alicyclic amines) is 1. The molecule has 0 unspecified atom stereocenters. The van der Waals surface area contributed by atoms with E-state index in [0.29, 0.717) is 16.9 Å². The Labute approximate surface area is 376 Å². The second kappa shape index (κ2) is 26.2. The first-order valence-electron chi connectivity index (χ1n) is 21.2. The molecular weight excluding hydrogens is 851 g/mol. The molecule has 1 saturated heterocycles. The van der Waals surface area contributed by atoms with Crippen molar-refractivity contribution in [2.45, 2.75) is 128 Å². The van der Waals surface area contributed by atoms with Crippen LogP contribution in [0.25, 0.3) is 0 Å². The lowest BCUT2D eigenvalue weighted by molar-refractivity contribution is -0.148. The highest BCUT2D eigenvalue weighted by Crippen LogP contribution is 2.20. The molecule has 0 saturated carbocycles. The number of imide groups is 1. The first-order chi connectivity index (χ1) is 30.4. The number of aliphatic imine (C=N–C) groups is 1. The van der Waals surface area contributed by atoms with E-state index in [1.165, 1.54) is 6.92 Å². The fourth-order valence-electron chi connectivity index (χ4n) is 6.68. The van der Waals surface area contributed by atoms with Crippen LogP contribution < -0.4 is 60.6 Å². The number of primary amides is 2. The lowest BCUT2D eigenvalue weighted by atomic mass is 10.00. The van der Waals surface area contributed by atoms with E-state index in [1.54, 1.807) is 44.2 Å². The SMILES string of the molecule is CC(C)C[C@H](NC(=O)[C@H](CCCN=C(N)N)NC(=O)[C@H](CO)NC(=O)[C@@H](N)CC(C)C)C(=O)N[C@@H](Cc1ccccc1)C(=O)N[C@H]1CC(=O)N([C@@H](CC(N)=O)C(=O)N[C@@H](C)C(N)=O)C1=O. The van der Waals surface area contributed by atoms with Crippen molar-refractivity contribution in [3.8, 4) is 0 Å². The maximum Gasteiger partial charge on any atom is 0.253 e. The van der Waals surface area contributed by atoms with Gasteiger partial charge in [0.2, 0.25) is 53.2 Å². The molecule has 10 amide bonds. The van der Waals surface area contributed by atoms with Crippen LogP contribution in [0.2, 0.25) is 0 Å². The normalized spacial score (nSPS) is 16.8. The van der Waals surface area contributed by atoms with Gasteiger partial charge in [-0.05, 0) is 50.0 Å². The lowest BCUT2D eigenvalue weighted by Gasteiger charge is -2.28. The van der Waals surface area contributed by atoms with E-state index < -0.39 is 127 Å². The van der Waals surface area contributed by atoms with Gasteiger partial charge in [-0.25, -0.2) is 0 Å². The Kier molecular flexibility index (Phi) is 21.9. The zero-order valence-electron chi connectivity index (χ0n) is 37.3. The molecule has 24 nitrogen and oxygen atoms in total. The van der Waals surface area contributed by atoms with E-state index in [0.717, 1.165) is 0 Å². The lowest BCUT2D eigenvalue weighted by Crippen LogP contribution is -2.60. The third-order valence-corrected chi connectivity index (χ3v) is 10.0. The summed E-state index contributed by atoms with van der Waals surface area (Å²) in [5, 5.41) is 24.9. The average Bonchev–Trinajstić information content (AvgIpc) is 3.49. The number of benzene rings is 1. The van der Waals surface area contributed by atoms with Crippen LogP contribution in [0.3, 0.4) is 0 Å². The minimum atomic E-state index is -1.78. The molecule has 360 valence electrons. The Hall–Kier alpha value is -6.69. The van der Waals surface area contributed by atoms with E-state index in [9.17, 15) is 53.1 Å². The van der Waals surface area contributed by atoms with E-state index >= 15 is 0 Å². The molecule has 8 atom stereocenters. The molecule has 1 fully saturated rings. The standard InChI is InChI=1S/C41H65N13O11/c1-20(2)14-24(42)34(59)53-29(19-55)38(63)49-25(12-9-13-47-41(45)46)35(60)50-26(15-21(3)4)36(61)51-27(16-23-10-7-6-8-11-23)37(62)52-28-17-32(57)54(40(28)65)30(18-31(43)56)39(64)48-22(5)33(44)58/h6-8,10-11,20-22,24-30,55H,9,12-19,42H2,1-5H3,(H2,43,56)(H2,44,58)(H,48,64)(H,49,63)(H,50,60)(H,51,61)(H,52,62)(H,53,59)(H4,45,46,47)/t22-,24-,25-,26-,27-,28-,29-,30-/m0/s1. The zero-order valence-corrected chi connectivity index (χ0v) is 37.3. The Bertz CT molecular complexity index is 1910. The van der Waals surface area contributed by atoms with Crippen molar-refractivity contribution in [1.82, 2.24) is 36.8 Å². The summed E-state index contributed by atoms with van der Waals surface area (Å²) in [6.45, 7) is 7.69. The molecule has 1 heterocycles. The van der Waals surface area contributed by atoms with Gasteiger partial charge < -0.3 is 65.7 Å². The number of hydrogen-bond acceptors (Lipinski definition) is 13. The molecule has 0 bridgehead atoms. The molecule has 24 heteroatoms. The van der Waals surface area contributed by atoms with Crippen LogP contribution in [-0.4, -0.2) is 137 Å². The summed E-state index contributed by atoms with van der Waals surface area (Å²) in [4.78, 5) is 136. The Morgan fingerprint density at radius 2 is 1.28 bits per heavy atom. The molecule has 17 N–H and O–H groups in total. The number of rotatable bonds is 27. The summed E-state index contributed by atoms with van der Waals surface area (Å²) in [7, 11) is 0. The van der Waals surface area contributed by atoms with Gasteiger partial charge in [-0.15, -0.1) is 0 Å². The van der Waals surface area contributed by atoms with Gasteiger partial charge in [-0.1, -0.05) is 58.0 Å². The molecule has 1 aliphatic heterocycles. The van der Waals surface area contributed by atoms with Crippen molar-refractivity contribution in [1.29, 1.82) is 0 Å². The summed E-state index contributed by atoms with van der Waals surface area (Å²) in [6.07, 6.45) is -1.18. The van der Waals surface area contributed by atoms with E-state index in [4.69, 9.17) is 28.7 Å². The number of nitrogens with zero attached hydrogens (tertiary/aromatic N) is 2. The molecule has 0 spiro atoms. The van der Waals surface area contributed by atoms with Crippen molar-refractivity contribution in [2.24, 2.45) is 45.5 Å². The molecular formula is C41H65N13O11. The van der Waals surface area contributed by atoms with Crippen molar-refractivity contribution in [3.63, 3.8) is 0 Å². The third kappa shape index (κ3) is 18.1. The molecule has 1 aromatic carbocycles. The number of hydrogen-bond donors (Lipinski definition) is 12. The number of aliphatic hydroxyl groups excluding tert-OH is 1. The Morgan fingerprint density at radius 3 is 1.83 bits per heavy atom. The van der Waals surface area contributed by atoms with Gasteiger partial charge in [0.1, 0.15) is 42.3 Å². The van der Waals surface area contributed by atoms with Gasteiger partial charge in [0, 0.05) is 13.0 Å². The zero-order chi connectivity index (χ0) is 49.1. The van der Waals surface area contributed by atoms with Crippen LogP contribution in [0.1, 0.15) is 78.7 Å². The van der Waals surface area contributed by atoms with E-state index in [2.05, 4.69) is 36.9 Å². The summed E-state index contributed by atoms with van der Waals surface area (Å²) < 4.78 is 0. The number of nitrogens with one attached hydrogen (secondary N) is 6. The predicted molar refractivity (Wildman–Crippen MR) is 235 cm³/mol. The van der Waals surface area contributed by atoms with Crippen molar-refractivity contribution in [2.75, 3.05) is 13.2 Å². The fraction of sp³-hybridized carbons (Fsp3) is 0.585. The number of aliphatic hydroxyl groups is 1. The van der Waals surface area contributed by atoms with Crippen LogP contribution in [0.4, 0.5) is 0 Å². The molecule has 1 aliphatic rings. The minimum absolute atomic E-state index is 0.0250. The first-order valence-corrected chi connectivity index (χ1v) is 21.2. The first kappa shape index (κ1) is 54.4. The van der Waals surface area contributed by atoms with Crippen LogP contribution in [-0.2, 0) is 54.4 Å². The predicted octanol–water partition coefficient (Wildman–Crippen LogP) is -4.89. The topological polar surface area (TPSA) is 409 Å². The van der Waals surface area contributed by atoms with Crippen molar-refractivity contribution >= 4 is 65.0 Å². The molecule has 2 rings (SSSR count). The summed E-state index contributed by atoms with van der Waals surface area (Å²) in [5.41, 5.74) is 27.9. The highest BCUT2D eigenvalue weighted by molar-refractivity contribution is 6.11. The maximum atomic E-state index is 14.1. The van der Waals surface area contributed by atoms with Crippen LogP contribution >= 0.6 is 0 Å². The van der Waals surface area contributed by atoms with E-state index in [1.807, 2.05) is 13.8 Å². The van der Waals surface area contributed by atoms with Crippen molar-refractivity contribution < 1.29 is 53.1 Å². The maximum absolute atomic E-state index is 14.1. The number of guanidine groups is 1. The summed E-state index contributed by atoms with van der Waals surface area (Å²) >= 11 is 0. The quantitative estimate of drug-likeness (QED) is 0.0171. The molecule has 1 aromatic rings. The minimum Gasteiger partial charge on any atom is -0.394 e. The van der Waals surface area contributed by atoms with E-state index in [-0.39, 0.29) is 50.0 Å². The van der Waals surface area contributed by atoms with Crippen LogP contribution in [0, 0.1) is 11.8 Å². The highest BCUT2D eigenvalue weighted by Gasteiger charge is 2.47. The molecule has 0 radical (unpaired) electrons. The van der Waals surface area contributed by atoms with Crippen LogP contribution in [0.15, 0.2) is 35.3 Å². The van der Waals surface area contributed by atoms with Crippen molar-refractivity contribution in [3.05, 3.63) is 35.9 Å². The average molecular weight is 916 g/mol. The largest absolute Gasteiger partial charge is 0.394 e. The number of carbonyl (C=O) groups is 10. The third-order valence-electron chi connectivity index (χ3n) is 10.0. The van der Waals surface area contributed by atoms with Gasteiger partial charge in [-0.2, -0.15) is 0 Å². The second-order valence-corrected chi connectivity index (χ2v) is 16.6. The number of carbonyl (C=O) groups excluding carboxylic acids is 10. The molecule has 65 heavy (non-hydrogen) atoms.